The van der Waals surface area contributed by atoms with E-state index in [1.54, 1.807) is 0 Å². The van der Waals surface area contributed by atoms with Gasteiger partial charge in [-0.2, -0.15) is 0 Å². The maximum absolute atomic E-state index is 11.0. The van der Waals surface area contributed by atoms with Crippen molar-refractivity contribution in [2.75, 3.05) is 24.7 Å². The molecule has 6 heteroatoms. The molecule has 0 radical (unpaired) electrons. The molecule has 5 nitrogen and oxygen atoms in total. The van der Waals surface area contributed by atoms with Crippen molar-refractivity contribution in [3.63, 3.8) is 0 Å². The fraction of sp³-hybridized carbons (Fsp3) is 0.545. The van der Waals surface area contributed by atoms with Crippen molar-refractivity contribution < 1.29 is 9.53 Å². The van der Waals surface area contributed by atoms with E-state index in [1.807, 2.05) is 13.0 Å². The normalized spacial score (nSPS) is 10.1. The van der Waals surface area contributed by atoms with Crippen molar-refractivity contribution in [3.05, 3.63) is 11.8 Å². The van der Waals surface area contributed by atoms with Gasteiger partial charge in [0.2, 0.25) is 5.95 Å². The topological polar surface area (TPSA) is 64.1 Å². The van der Waals surface area contributed by atoms with Crippen LogP contribution in [0.5, 0.6) is 0 Å². The van der Waals surface area contributed by atoms with E-state index in [0.29, 0.717) is 5.95 Å². The quantitative estimate of drug-likeness (QED) is 0.475. The van der Waals surface area contributed by atoms with Crippen LogP contribution in [0.2, 0.25) is 0 Å². The second-order valence-corrected chi connectivity index (χ2v) is 4.46. The summed E-state index contributed by atoms with van der Waals surface area (Å²) in [4.78, 5) is 19.6. The average Bonchev–Trinajstić information content (AvgIpc) is 2.32. The number of hydrogen-bond donors (Lipinski definition) is 1. The number of carbonyl (C=O) groups excluding carboxylic acids is 1. The van der Waals surface area contributed by atoms with Crippen LogP contribution in [0.1, 0.15) is 19.0 Å². The summed E-state index contributed by atoms with van der Waals surface area (Å²) in [6, 6.07) is 1.85. The van der Waals surface area contributed by atoms with Gasteiger partial charge in [-0.1, -0.05) is 18.7 Å². The van der Waals surface area contributed by atoms with Crippen LogP contribution in [0.3, 0.4) is 0 Å². The van der Waals surface area contributed by atoms with Crippen molar-refractivity contribution in [2.45, 2.75) is 25.3 Å². The lowest BCUT2D eigenvalue weighted by Crippen LogP contribution is -2.07. The molecule has 0 bridgehead atoms. The van der Waals surface area contributed by atoms with E-state index in [4.69, 9.17) is 0 Å². The van der Waals surface area contributed by atoms with Crippen molar-refractivity contribution in [3.8, 4) is 0 Å². The number of ether oxygens (including phenoxy) is 1. The molecule has 0 aliphatic rings. The number of carbonyl (C=O) groups is 1. The Morgan fingerprint density at radius 3 is 2.94 bits per heavy atom. The first-order valence-corrected chi connectivity index (χ1v) is 6.43. The van der Waals surface area contributed by atoms with Crippen LogP contribution in [0.15, 0.2) is 11.1 Å². The van der Waals surface area contributed by atoms with E-state index in [2.05, 4.69) is 26.9 Å². The Balaban J connectivity index is 2.65. The summed E-state index contributed by atoms with van der Waals surface area (Å²) in [7, 11) is 1.38. The molecule has 1 aromatic heterocycles. The van der Waals surface area contributed by atoms with Gasteiger partial charge in [0.15, 0.2) is 0 Å². The highest BCUT2D eigenvalue weighted by Gasteiger charge is 2.06. The zero-order chi connectivity index (χ0) is 12.7. The minimum atomic E-state index is -0.255. The molecule has 0 aliphatic carbocycles. The van der Waals surface area contributed by atoms with Crippen LogP contribution in [0.25, 0.3) is 0 Å². The Hall–Kier alpha value is -1.30. The molecule has 0 saturated carbocycles. The van der Waals surface area contributed by atoms with Crippen molar-refractivity contribution >= 4 is 23.7 Å². The highest BCUT2D eigenvalue weighted by Crippen LogP contribution is 2.17. The van der Waals surface area contributed by atoms with Crippen LogP contribution in [0, 0.1) is 6.92 Å². The lowest BCUT2D eigenvalue weighted by molar-refractivity contribution is -0.137. The number of aryl methyl sites for hydroxylation is 1. The molecule has 17 heavy (non-hydrogen) atoms. The molecule has 0 amide bonds. The van der Waals surface area contributed by atoms with E-state index in [9.17, 15) is 4.79 Å². The predicted molar refractivity (Wildman–Crippen MR) is 68.3 cm³/mol. The fourth-order valence-corrected chi connectivity index (χ4v) is 1.91. The first kappa shape index (κ1) is 13.8. The highest BCUT2D eigenvalue weighted by atomic mass is 32.2. The van der Waals surface area contributed by atoms with Gasteiger partial charge in [-0.15, -0.1) is 0 Å². The van der Waals surface area contributed by atoms with Gasteiger partial charge < -0.3 is 10.1 Å². The lowest BCUT2D eigenvalue weighted by Gasteiger charge is -2.06. The third-order valence-corrected chi connectivity index (χ3v) is 2.81. The molecule has 1 aromatic rings. The molecule has 1 heterocycles. The van der Waals surface area contributed by atoms with Gasteiger partial charge in [0.05, 0.1) is 12.9 Å². The summed E-state index contributed by atoms with van der Waals surface area (Å²) < 4.78 is 4.58. The first-order chi connectivity index (χ1) is 8.15. The SMILES string of the molecule is CCCNc1nc(C)cc(SCC(=O)OC)n1. The second kappa shape index (κ2) is 7.11. The van der Waals surface area contributed by atoms with E-state index in [0.717, 1.165) is 23.7 Å². The third kappa shape index (κ3) is 5.04. The van der Waals surface area contributed by atoms with Gasteiger partial charge in [0, 0.05) is 12.2 Å². The summed E-state index contributed by atoms with van der Waals surface area (Å²) >= 11 is 1.35. The maximum atomic E-state index is 11.0. The Kier molecular flexibility index (Phi) is 5.76. The molecular weight excluding hydrogens is 238 g/mol. The molecule has 0 unspecified atom stereocenters. The Labute approximate surface area is 105 Å². The largest absolute Gasteiger partial charge is 0.468 e. The van der Waals surface area contributed by atoms with E-state index in [-0.39, 0.29) is 11.7 Å². The number of rotatable bonds is 6. The number of anilines is 1. The zero-order valence-corrected chi connectivity index (χ0v) is 11.1. The van der Waals surface area contributed by atoms with E-state index < -0.39 is 0 Å². The molecule has 0 aliphatic heterocycles. The number of nitrogens with one attached hydrogen (secondary N) is 1. The molecule has 0 saturated heterocycles. The smallest absolute Gasteiger partial charge is 0.316 e. The Morgan fingerprint density at radius 2 is 2.29 bits per heavy atom. The number of hydrogen-bond acceptors (Lipinski definition) is 6. The summed E-state index contributed by atoms with van der Waals surface area (Å²) in [5.74, 6) is 0.619. The van der Waals surface area contributed by atoms with Gasteiger partial charge in [-0.25, -0.2) is 9.97 Å². The van der Waals surface area contributed by atoms with Crippen molar-refractivity contribution in [1.29, 1.82) is 0 Å². The number of esters is 1. The summed E-state index contributed by atoms with van der Waals surface area (Å²) in [5.41, 5.74) is 0.881. The number of nitrogens with zero attached hydrogens (tertiary/aromatic N) is 2. The van der Waals surface area contributed by atoms with Crippen LogP contribution >= 0.6 is 11.8 Å². The van der Waals surface area contributed by atoms with Crippen LogP contribution < -0.4 is 5.32 Å². The van der Waals surface area contributed by atoms with Crippen molar-refractivity contribution in [2.24, 2.45) is 0 Å². The lowest BCUT2D eigenvalue weighted by atomic mass is 10.4. The Bertz CT molecular complexity index is 385. The minimum Gasteiger partial charge on any atom is -0.468 e. The van der Waals surface area contributed by atoms with Crippen LogP contribution in [-0.2, 0) is 9.53 Å². The number of thioether (sulfide) groups is 1. The van der Waals surface area contributed by atoms with Gasteiger partial charge >= 0.3 is 5.97 Å². The zero-order valence-electron chi connectivity index (χ0n) is 10.3. The molecule has 1 rings (SSSR count). The molecule has 0 fully saturated rings. The summed E-state index contributed by atoms with van der Waals surface area (Å²) in [6.45, 7) is 4.82. The summed E-state index contributed by atoms with van der Waals surface area (Å²) in [5, 5.41) is 3.90. The minimum absolute atomic E-state index is 0.255. The molecule has 0 spiro atoms. The highest BCUT2D eigenvalue weighted by molar-refractivity contribution is 7.99. The molecular formula is C11H17N3O2S. The monoisotopic (exact) mass is 255 g/mol. The van der Waals surface area contributed by atoms with Gasteiger partial charge in [0.25, 0.3) is 0 Å². The van der Waals surface area contributed by atoms with Crippen LogP contribution in [0.4, 0.5) is 5.95 Å². The van der Waals surface area contributed by atoms with Gasteiger partial charge in [-0.3, -0.25) is 4.79 Å². The second-order valence-electron chi connectivity index (χ2n) is 3.46. The maximum Gasteiger partial charge on any atom is 0.316 e. The van der Waals surface area contributed by atoms with Crippen LogP contribution in [-0.4, -0.2) is 35.3 Å². The predicted octanol–water partition coefficient (Wildman–Crippen LogP) is 1.87. The third-order valence-electron chi connectivity index (χ3n) is 1.93. The Morgan fingerprint density at radius 1 is 1.53 bits per heavy atom. The first-order valence-electron chi connectivity index (χ1n) is 5.45. The number of aromatic nitrogens is 2. The van der Waals surface area contributed by atoms with Gasteiger partial charge in [-0.05, 0) is 19.4 Å². The van der Waals surface area contributed by atoms with E-state index >= 15 is 0 Å². The van der Waals surface area contributed by atoms with Crippen molar-refractivity contribution in [1.82, 2.24) is 9.97 Å². The summed E-state index contributed by atoms with van der Waals surface area (Å²) in [6.07, 6.45) is 1.02. The fourth-order valence-electron chi connectivity index (χ4n) is 1.12. The molecule has 1 N–H and O–H groups in total. The average molecular weight is 255 g/mol. The molecule has 0 atom stereocenters. The standard InChI is InChI=1S/C11H17N3O2S/c1-4-5-12-11-13-8(2)6-9(14-11)17-7-10(15)16-3/h6H,4-5,7H2,1-3H3,(H,12,13,14). The number of methoxy groups -OCH3 is 1. The van der Waals surface area contributed by atoms with Gasteiger partial charge in [0.1, 0.15) is 5.03 Å². The van der Waals surface area contributed by atoms with E-state index in [1.165, 1.54) is 18.9 Å². The molecule has 94 valence electrons. The molecule has 0 aromatic carbocycles.